The van der Waals surface area contributed by atoms with Gasteiger partial charge in [-0.25, -0.2) is 0 Å². The number of thiophene rings is 1. The van der Waals surface area contributed by atoms with Gasteiger partial charge in [0.25, 0.3) is 0 Å². The van der Waals surface area contributed by atoms with Crippen molar-refractivity contribution in [2.75, 3.05) is 0 Å². The summed E-state index contributed by atoms with van der Waals surface area (Å²) < 4.78 is 1.17. The van der Waals surface area contributed by atoms with Crippen molar-refractivity contribution in [3.05, 3.63) is 56.7 Å². The fourth-order valence-electron chi connectivity index (χ4n) is 1.38. The van der Waals surface area contributed by atoms with Gasteiger partial charge in [-0.3, -0.25) is 0 Å². The summed E-state index contributed by atoms with van der Waals surface area (Å²) in [6.07, 6.45) is 0. The first-order chi connectivity index (χ1) is 7.36. The van der Waals surface area contributed by atoms with Gasteiger partial charge in [0.1, 0.15) is 0 Å². The molecule has 1 N–H and O–H groups in total. The Labute approximate surface area is 102 Å². The van der Waals surface area contributed by atoms with Crippen LogP contribution in [0.25, 0.3) is 0 Å². The number of hydrogen-bond acceptors (Lipinski definition) is 2. The van der Waals surface area contributed by atoms with E-state index in [1.54, 1.807) is 11.3 Å². The van der Waals surface area contributed by atoms with Crippen molar-refractivity contribution >= 4 is 27.3 Å². The molecule has 1 heterocycles. The average molecular weight is 282 g/mol. The predicted molar refractivity (Wildman–Crippen MR) is 69.0 cm³/mol. The minimum atomic E-state index is 0.902. The highest BCUT2D eigenvalue weighted by Crippen LogP contribution is 2.15. The van der Waals surface area contributed by atoms with Crippen molar-refractivity contribution in [3.63, 3.8) is 0 Å². The maximum Gasteiger partial charge on any atom is 0.0302 e. The van der Waals surface area contributed by atoms with Crippen LogP contribution in [0.4, 0.5) is 0 Å². The molecule has 3 heteroatoms. The normalized spacial score (nSPS) is 10.5. The van der Waals surface area contributed by atoms with Gasteiger partial charge in [0.2, 0.25) is 0 Å². The Kier molecular flexibility index (Phi) is 3.94. The molecule has 0 radical (unpaired) electrons. The van der Waals surface area contributed by atoms with Crippen molar-refractivity contribution in [1.29, 1.82) is 0 Å². The summed E-state index contributed by atoms with van der Waals surface area (Å²) in [6, 6.07) is 12.5. The molecule has 0 saturated carbocycles. The number of halogens is 1. The summed E-state index contributed by atoms with van der Waals surface area (Å²) in [5.41, 5.74) is 1.30. The smallest absolute Gasteiger partial charge is 0.0302 e. The van der Waals surface area contributed by atoms with Gasteiger partial charge in [0.05, 0.1) is 0 Å². The molecule has 0 aliphatic carbocycles. The lowest BCUT2D eigenvalue weighted by Crippen LogP contribution is -2.11. The number of benzene rings is 1. The van der Waals surface area contributed by atoms with Crippen molar-refractivity contribution in [3.8, 4) is 0 Å². The molecule has 0 spiro atoms. The van der Waals surface area contributed by atoms with Crippen LogP contribution in [0.1, 0.15) is 10.4 Å². The van der Waals surface area contributed by atoms with Gasteiger partial charge in [0, 0.05) is 22.4 Å². The van der Waals surface area contributed by atoms with Crippen LogP contribution in [0, 0.1) is 0 Å². The minimum absolute atomic E-state index is 0.902. The fraction of sp³-hybridized carbons (Fsp3) is 0.167. The quantitative estimate of drug-likeness (QED) is 0.899. The van der Waals surface area contributed by atoms with E-state index in [1.165, 1.54) is 14.9 Å². The summed E-state index contributed by atoms with van der Waals surface area (Å²) in [7, 11) is 0. The van der Waals surface area contributed by atoms with E-state index in [-0.39, 0.29) is 0 Å². The molecular weight excluding hydrogens is 270 g/mol. The van der Waals surface area contributed by atoms with Gasteiger partial charge in [-0.1, -0.05) is 40.2 Å². The van der Waals surface area contributed by atoms with Gasteiger partial charge in [0.15, 0.2) is 0 Å². The van der Waals surface area contributed by atoms with E-state index in [0.717, 1.165) is 13.1 Å². The second-order valence-electron chi connectivity index (χ2n) is 3.27. The van der Waals surface area contributed by atoms with E-state index in [4.69, 9.17) is 0 Å². The van der Waals surface area contributed by atoms with Crippen LogP contribution in [-0.2, 0) is 13.1 Å². The van der Waals surface area contributed by atoms with E-state index in [2.05, 4.69) is 57.0 Å². The molecule has 1 aromatic carbocycles. The van der Waals surface area contributed by atoms with Crippen LogP contribution in [0.5, 0.6) is 0 Å². The molecule has 1 aromatic heterocycles. The summed E-state index contributed by atoms with van der Waals surface area (Å²) in [5, 5.41) is 5.53. The topological polar surface area (TPSA) is 12.0 Å². The molecule has 15 heavy (non-hydrogen) atoms. The molecule has 0 fully saturated rings. The zero-order valence-electron chi connectivity index (χ0n) is 8.24. The zero-order chi connectivity index (χ0) is 10.5. The predicted octanol–water partition coefficient (Wildman–Crippen LogP) is 3.80. The highest BCUT2D eigenvalue weighted by atomic mass is 79.9. The Balaban J connectivity index is 1.86. The van der Waals surface area contributed by atoms with Crippen molar-refractivity contribution in [1.82, 2.24) is 5.32 Å². The van der Waals surface area contributed by atoms with Gasteiger partial charge in [-0.2, -0.15) is 0 Å². The third kappa shape index (κ3) is 3.16. The Morgan fingerprint density at radius 2 is 1.93 bits per heavy atom. The molecule has 0 bridgehead atoms. The van der Waals surface area contributed by atoms with E-state index in [0.29, 0.717) is 0 Å². The molecule has 1 nitrogen and oxygen atoms in total. The summed E-state index contributed by atoms with van der Waals surface area (Å²) >= 11 is 5.33. The minimum Gasteiger partial charge on any atom is -0.308 e. The third-order valence-corrected chi connectivity index (χ3v) is 3.80. The van der Waals surface area contributed by atoms with E-state index < -0.39 is 0 Å². The van der Waals surface area contributed by atoms with E-state index >= 15 is 0 Å². The van der Waals surface area contributed by atoms with Crippen LogP contribution < -0.4 is 5.32 Å². The highest BCUT2D eigenvalue weighted by molar-refractivity contribution is 9.10. The lowest BCUT2D eigenvalue weighted by atomic mass is 10.2. The monoisotopic (exact) mass is 281 g/mol. The number of hydrogen-bond donors (Lipinski definition) is 1. The molecule has 2 aromatic rings. The van der Waals surface area contributed by atoms with Crippen LogP contribution in [0.15, 0.2) is 46.3 Å². The first kappa shape index (κ1) is 10.9. The standard InChI is InChI=1S/C12H12BrNS/c13-12-6-2-1-4-10(12)8-14-9-11-5-3-7-15-11/h1-7,14H,8-9H2. The Morgan fingerprint density at radius 1 is 1.07 bits per heavy atom. The van der Waals surface area contributed by atoms with Crippen molar-refractivity contribution in [2.45, 2.75) is 13.1 Å². The lowest BCUT2D eigenvalue weighted by molar-refractivity contribution is 0.699. The van der Waals surface area contributed by atoms with Gasteiger partial charge >= 0.3 is 0 Å². The SMILES string of the molecule is Brc1ccccc1CNCc1cccs1. The lowest BCUT2D eigenvalue weighted by Gasteiger charge is -2.05. The first-order valence-corrected chi connectivity index (χ1v) is 6.50. The Morgan fingerprint density at radius 3 is 2.67 bits per heavy atom. The summed E-state index contributed by atoms with van der Waals surface area (Å²) in [5.74, 6) is 0. The summed E-state index contributed by atoms with van der Waals surface area (Å²) in [4.78, 5) is 1.38. The maximum absolute atomic E-state index is 3.54. The molecule has 2 rings (SSSR count). The van der Waals surface area contributed by atoms with E-state index in [1.807, 2.05) is 6.07 Å². The van der Waals surface area contributed by atoms with Crippen LogP contribution >= 0.6 is 27.3 Å². The molecular formula is C12H12BrNS. The third-order valence-electron chi connectivity index (χ3n) is 2.15. The molecule has 0 atom stereocenters. The van der Waals surface area contributed by atoms with Gasteiger partial charge in [-0.05, 0) is 23.1 Å². The largest absolute Gasteiger partial charge is 0.308 e. The molecule has 0 amide bonds. The molecule has 0 unspecified atom stereocenters. The van der Waals surface area contributed by atoms with E-state index in [9.17, 15) is 0 Å². The molecule has 78 valence electrons. The van der Waals surface area contributed by atoms with Crippen LogP contribution in [-0.4, -0.2) is 0 Å². The Bertz CT molecular complexity index is 411. The van der Waals surface area contributed by atoms with Crippen molar-refractivity contribution < 1.29 is 0 Å². The van der Waals surface area contributed by atoms with Gasteiger partial charge < -0.3 is 5.32 Å². The fourth-order valence-corrected chi connectivity index (χ4v) is 2.47. The second kappa shape index (κ2) is 5.45. The summed E-state index contributed by atoms with van der Waals surface area (Å²) in [6.45, 7) is 1.85. The number of nitrogens with one attached hydrogen (secondary N) is 1. The zero-order valence-corrected chi connectivity index (χ0v) is 10.6. The highest BCUT2D eigenvalue weighted by Gasteiger charge is 1.98. The van der Waals surface area contributed by atoms with Crippen LogP contribution in [0.2, 0.25) is 0 Å². The number of rotatable bonds is 4. The van der Waals surface area contributed by atoms with Crippen LogP contribution in [0.3, 0.4) is 0 Å². The van der Waals surface area contributed by atoms with Crippen molar-refractivity contribution in [2.24, 2.45) is 0 Å². The molecule has 0 aliphatic rings. The second-order valence-corrected chi connectivity index (χ2v) is 5.16. The Hall–Kier alpha value is -0.640. The average Bonchev–Trinajstić information content (AvgIpc) is 2.74. The molecule has 0 saturated heterocycles. The first-order valence-electron chi connectivity index (χ1n) is 4.83. The molecule has 0 aliphatic heterocycles. The maximum atomic E-state index is 3.54. The van der Waals surface area contributed by atoms with Gasteiger partial charge in [-0.15, -0.1) is 11.3 Å².